The van der Waals surface area contributed by atoms with Crippen LogP contribution in [0.2, 0.25) is 0 Å². The molecule has 0 spiro atoms. The first kappa shape index (κ1) is 15.7. The highest BCUT2D eigenvalue weighted by molar-refractivity contribution is 5.28. The first-order valence-electron chi connectivity index (χ1n) is 9.56. The predicted molar refractivity (Wildman–Crippen MR) is 91.7 cm³/mol. The zero-order valence-corrected chi connectivity index (χ0v) is 14.9. The molecule has 0 heterocycles. The highest BCUT2D eigenvalue weighted by Gasteiger charge is 2.56. The molecule has 1 nitrogen and oxygen atoms in total. The lowest BCUT2D eigenvalue weighted by Gasteiger charge is -2.58. The molecule has 128 valence electrons. The molecule has 0 aromatic carbocycles. The van der Waals surface area contributed by atoms with E-state index in [1.54, 1.807) is 12.7 Å². The molecule has 4 aliphatic rings. The van der Waals surface area contributed by atoms with Crippen LogP contribution in [0.4, 0.5) is 4.39 Å². The summed E-state index contributed by atoms with van der Waals surface area (Å²) >= 11 is 0. The van der Waals surface area contributed by atoms with Gasteiger partial charge in [-0.15, -0.1) is 0 Å². The largest absolute Gasteiger partial charge is 0.501 e. The molecule has 2 fully saturated rings. The second-order valence-corrected chi connectivity index (χ2v) is 8.97. The summed E-state index contributed by atoms with van der Waals surface area (Å²) in [7, 11) is 1.80. The van der Waals surface area contributed by atoms with Gasteiger partial charge in [-0.1, -0.05) is 25.5 Å². The van der Waals surface area contributed by atoms with E-state index in [2.05, 4.69) is 26.0 Å². The Hall–Kier alpha value is -0.790. The van der Waals surface area contributed by atoms with Crippen molar-refractivity contribution in [3.8, 4) is 0 Å². The van der Waals surface area contributed by atoms with Crippen LogP contribution in [0.5, 0.6) is 0 Å². The van der Waals surface area contributed by atoms with Crippen LogP contribution in [0.3, 0.4) is 0 Å². The Morgan fingerprint density at radius 2 is 1.87 bits per heavy atom. The van der Waals surface area contributed by atoms with E-state index in [-0.39, 0.29) is 5.41 Å². The lowest BCUT2D eigenvalue weighted by molar-refractivity contribution is -0.0399. The maximum absolute atomic E-state index is 14.7. The van der Waals surface area contributed by atoms with Crippen LogP contribution in [-0.4, -0.2) is 13.3 Å². The van der Waals surface area contributed by atoms with Crippen molar-refractivity contribution < 1.29 is 9.13 Å². The molecule has 6 unspecified atom stereocenters. The number of allylic oxidation sites excluding steroid dienone is 4. The van der Waals surface area contributed by atoms with Crippen molar-refractivity contribution in [1.29, 1.82) is 0 Å². The average Bonchev–Trinajstić information content (AvgIpc) is 2.55. The van der Waals surface area contributed by atoms with Crippen molar-refractivity contribution in [2.45, 2.75) is 71.4 Å². The lowest BCUT2D eigenvalue weighted by Crippen LogP contribution is -2.51. The molecule has 0 N–H and O–H groups in total. The SMILES string of the molecule is COC1=CCC2(C)C(CC=C3C4CCCC(F)C4(C)CCC32)C1. The summed E-state index contributed by atoms with van der Waals surface area (Å²) in [4.78, 5) is 0. The maximum atomic E-state index is 14.7. The van der Waals surface area contributed by atoms with Gasteiger partial charge >= 0.3 is 0 Å². The van der Waals surface area contributed by atoms with E-state index in [4.69, 9.17) is 4.74 Å². The Kier molecular flexibility index (Phi) is 3.66. The zero-order valence-electron chi connectivity index (χ0n) is 14.9. The Balaban J connectivity index is 1.67. The van der Waals surface area contributed by atoms with Crippen molar-refractivity contribution in [3.63, 3.8) is 0 Å². The molecule has 0 amide bonds. The van der Waals surface area contributed by atoms with Gasteiger partial charge in [0.25, 0.3) is 0 Å². The Morgan fingerprint density at radius 3 is 2.65 bits per heavy atom. The fraction of sp³-hybridized carbons (Fsp3) is 0.810. The first-order valence-corrected chi connectivity index (χ1v) is 9.56. The van der Waals surface area contributed by atoms with Gasteiger partial charge in [0.05, 0.1) is 12.9 Å². The molecule has 6 atom stereocenters. The maximum Gasteiger partial charge on any atom is 0.106 e. The normalized spacial score (nSPS) is 49.2. The Labute approximate surface area is 140 Å². The van der Waals surface area contributed by atoms with Crippen molar-refractivity contribution in [2.75, 3.05) is 7.11 Å². The summed E-state index contributed by atoms with van der Waals surface area (Å²) in [6, 6.07) is 0. The molecule has 0 radical (unpaired) electrons. The molecule has 0 bridgehead atoms. The van der Waals surface area contributed by atoms with Crippen LogP contribution in [-0.2, 0) is 4.74 Å². The van der Waals surface area contributed by atoms with Crippen LogP contribution in [0, 0.1) is 28.6 Å². The third kappa shape index (κ3) is 2.16. The monoisotopic (exact) mass is 318 g/mol. The molecule has 0 saturated heterocycles. The number of hydrogen-bond donors (Lipinski definition) is 0. The second kappa shape index (κ2) is 5.36. The minimum Gasteiger partial charge on any atom is -0.501 e. The number of alkyl halides is 1. The number of hydrogen-bond acceptors (Lipinski definition) is 1. The molecule has 4 aliphatic carbocycles. The van der Waals surface area contributed by atoms with Crippen LogP contribution in [0.25, 0.3) is 0 Å². The highest BCUT2D eigenvalue weighted by Crippen LogP contribution is 2.63. The lowest BCUT2D eigenvalue weighted by atomic mass is 9.47. The third-order valence-corrected chi connectivity index (χ3v) is 8.08. The van der Waals surface area contributed by atoms with Gasteiger partial charge in [-0.3, -0.25) is 0 Å². The number of methoxy groups -OCH3 is 1. The van der Waals surface area contributed by atoms with Gasteiger partial charge in [-0.05, 0) is 74.2 Å². The topological polar surface area (TPSA) is 9.23 Å². The van der Waals surface area contributed by atoms with Gasteiger partial charge in [-0.2, -0.15) is 0 Å². The van der Waals surface area contributed by atoms with Crippen molar-refractivity contribution in [2.24, 2.45) is 28.6 Å². The van der Waals surface area contributed by atoms with Gasteiger partial charge in [-0.25, -0.2) is 4.39 Å². The smallest absolute Gasteiger partial charge is 0.106 e. The Bertz CT molecular complexity index is 550. The molecular formula is C21H31FO. The van der Waals surface area contributed by atoms with E-state index in [1.165, 1.54) is 18.6 Å². The van der Waals surface area contributed by atoms with Gasteiger partial charge in [0.2, 0.25) is 0 Å². The van der Waals surface area contributed by atoms with Crippen molar-refractivity contribution in [1.82, 2.24) is 0 Å². The van der Waals surface area contributed by atoms with Crippen LogP contribution in [0.15, 0.2) is 23.5 Å². The van der Waals surface area contributed by atoms with Gasteiger partial charge in [0, 0.05) is 11.8 Å². The summed E-state index contributed by atoms with van der Waals surface area (Å²) in [6.07, 6.45) is 12.9. The molecule has 2 saturated carbocycles. The minimum atomic E-state index is -0.597. The molecule has 2 heteroatoms. The standard InChI is InChI=1S/C21H31FO/c1-20-11-9-15(23-3)13-14(20)7-8-16-17-5-4-6-19(22)21(17,2)12-10-18(16)20/h8-9,14,17-19H,4-7,10-13H2,1-3H3. The average molecular weight is 318 g/mol. The minimum absolute atomic E-state index is 0.0913. The molecule has 0 aromatic rings. The number of halogens is 1. The van der Waals surface area contributed by atoms with E-state index < -0.39 is 6.17 Å². The molecule has 23 heavy (non-hydrogen) atoms. The summed E-state index contributed by atoms with van der Waals surface area (Å²) < 4.78 is 20.3. The fourth-order valence-electron chi connectivity index (χ4n) is 6.40. The summed E-state index contributed by atoms with van der Waals surface area (Å²) in [6.45, 7) is 4.73. The summed E-state index contributed by atoms with van der Waals surface area (Å²) in [5.41, 5.74) is 1.90. The summed E-state index contributed by atoms with van der Waals surface area (Å²) in [5, 5.41) is 0. The number of rotatable bonds is 1. The zero-order chi connectivity index (χ0) is 16.2. The van der Waals surface area contributed by atoms with Crippen LogP contribution >= 0.6 is 0 Å². The van der Waals surface area contributed by atoms with E-state index >= 15 is 0 Å². The Morgan fingerprint density at radius 1 is 1.09 bits per heavy atom. The van der Waals surface area contributed by atoms with Crippen molar-refractivity contribution in [3.05, 3.63) is 23.5 Å². The number of ether oxygens (including phenoxy) is 1. The molecule has 0 aromatic heterocycles. The molecule has 0 aliphatic heterocycles. The second-order valence-electron chi connectivity index (χ2n) is 8.97. The highest BCUT2D eigenvalue weighted by atomic mass is 19.1. The predicted octanol–water partition coefficient (Wildman–Crippen LogP) is 5.82. The van der Waals surface area contributed by atoms with Crippen LogP contribution < -0.4 is 0 Å². The third-order valence-electron chi connectivity index (χ3n) is 8.08. The van der Waals surface area contributed by atoms with E-state index in [0.717, 1.165) is 38.5 Å². The number of fused-ring (bicyclic) bond motifs is 5. The fourth-order valence-corrected chi connectivity index (χ4v) is 6.40. The van der Waals surface area contributed by atoms with Gasteiger partial charge < -0.3 is 4.74 Å². The van der Waals surface area contributed by atoms with Crippen molar-refractivity contribution >= 4 is 0 Å². The van der Waals surface area contributed by atoms with Crippen LogP contribution in [0.1, 0.15) is 65.2 Å². The van der Waals surface area contributed by atoms with Gasteiger partial charge in [0.1, 0.15) is 6.17 Å². The van der Waals surface area contributed by atoms with E-state index in [9.17, 15) is 4.39 Å². The molecular weight excluding hydrogens is 287 g/mol. The molecule has 4 rings (SSSR count). The van der Waals surface area contributed by atoms with E-state index in [0.29, 0.717) is 23.2 Å². The van der Waals surface area contributed by atoms with Gasteiger partial charge in [0.15, 0.2) is 0 Å². The summed E-state index contributed by atoms with van der Waals surface area (Å²) in [5.74, 6) is 3.03. The quantitative estimate of drug-likeness (QED) is 0.554. The van der Waals surface area contributed by atoms with E-state index in [1.807, 2.05) is 0 Å². The first-order chi connectivity index (χ1) is 11.0.